The molecule has 1 aromatic heterocycles. The first-order valence-corrected chi connectivity index (χ1v) is 8.98. The normalized spacial score (nSPS) is 11.0. The van der Waals surface area contributed by atoms with Crippen molar-refractivity contribution in [3.8, 4) is 0 Å². The van der Waals surface area contributed by atoms with E-state index in [2.05, 4.69) is 4.98 Å². The number of aromatic amines is 1. The first-order chi connectivity index (χ1) is 13.1. The molecule has 0 aliphatic carbocycles. The summed E-state index contributed by atoms with van der Waals surface area (Å²) in [6.07, 6.45) is 0. The number of hydrogen-bond acceptors (Lipinski definition) is 6. The van der Waals surface area contributed by atoms with E-state index in [-0.39, 0.29) is 35.7 Å². The SMILES string of the molecule is CCOC(=O)c1c(C(=O)OC(C)(C)C)[nH]c(C(=O)OCc2ccccc2)c1C. The number of ether oxygens (including phenoxy) is 3. The summed E-state index contributed by atoms with van der Waals surface area (Å²) in [6.45, 7) is 8.52. The lowest BCUT2D eigenvalue weighted by atomic mass is 10.1. The number of rotatable bonds is 6. The van der Waals surface area contributed by atoms with E-state index in [4.69, 9.17) is 14.2 Å². The average Bonchev–Trinajstić information content (AvgIpc) is 2.97. The first-order valence-electron chi connectivity index (χ1n) is 8.98. The van der Waals surface area contributed by atoms with Gasteiger partial charge in [0.2, 0.25) is 0 Å². The molecule has 0 radical (unpaired) electrons. The molecule has 2 rings (SSSR count). The highest BCUT2D eigenvalue weighted by molar-refractivity contribution is 6.06. The van der Waals surface area contributed by atoms with Crippen LogP contribution in [-0.2, 0) is 20.8 Å². The third-order valence-corrected chi connectivity index (χ3v) is 3.75. The van der Waals surface area contributed by atoms with Crippen LogP contribution in [0.1, 0.15) is 70.2 Å². The molecule has 0 spiro atoms. The number of H-pyrrole nitrogens is 1. The molecule has 0 atom stereocenters. The number of esters is 3. The average molecular weight is 387 g/mol. The lowest BCUT2D eigenvalue weighted by Crippen LogP contribution is -2.25. The monoisotopic (exact) mass is 387 g/mol. The van der Waals surface area contributed by atoms with E-state index in [0.717, 1.165) is 5.56 Å². The van der Waals surface area contributed by atoms with Crippen molar-refractivity contribution >= 4 is 17.9 Å². The van der Waals surface area contributed by atoms with Crippen molar-refractivity contribution in [1.29, 1.82) is 0 Å². The molecule has 1 aromatic carbocycles. The number of carbonyl (C=O) groups excluding carboxylic acids is 3. The summed E-state index contributed by atoms with van der Waals surface area (Å²) in [4.78, 5) is 40.1. The van der Waals surface area contributed by atoms with E-state index in [1.807, 2.05) is 30.3 Å². The van der Waals surface area contributed by atoms with Crippen LogP contribution in [0.5, 0.6) is 0 Å². The van der Waals surface area contributed by atoms with Gasteiger partial charge in [0.1, 0.15) is 23.6 Å². The molecule has 150 valence electrons. The van der Waals surface area contributed by atoms with Crippen LogP contribution in [0.15, 0.2) is 30.3 Å². The topological polar surface area (TPSA) is 94.7 Å². The molecule has 0 aliphatic heterocycles. The summed E-state index contributed by atoms with van der Waals surface area (Å²) >= 11 is 0. The lowest BCUT2D eigenvalue weighted by Gasteiger charge is -2.19. The lowest BCUT2D eigenvalue weighted by molar-refractivity contribution is 0.00583. The third-order valence-electron chi connectivity index (χ3n) is 3.75. The Morgan fingerprint density at radius 1 is 0.929 bits per heavy atom. The van der Waals surface area contributed by atoms with Crippen molar-refractivity contribution < 1.29 is 28.6 Å². The number of carbonyl (C=O) groups is 3. The Morgan fingerprint density at radius 2 is 1.57 bits per heavy atom. The number of aromatic nitrogens is 1. The minimum atomic E-state index is -0.768. The summed E-state index contributed by atoms with van der Waals surface area (Å²) in [5, 5.41) is 0. The molecule has 28 heavy (non-hydrogen) atoms. The van der Waals surface area contributed by atoms with E-state index >= 15 is 0 Å². The van der Waals surface area contributed by atoms with Crippen LogP contribution in [0.3, 0.4) is 0 Å². The van der Waals surface area contributed by atoms with Gasteiger partial charge >= 0.3 is 17.9 Å². The fourth-order valence-corrected chi connectivity index (χ4v) is 2.53. The summed E-state index contributed by atoms with van der Waals surface area (Å²) in [5.41, 5.74) is 0.186. The maximum absolute atomic E-state index is 12.5. The van der Waals surface area contributed by atoms with Crippen LogP contribution in [0.25, 0.3) is 0 Å². The molecule has 7 heteroatoms. The largest absolute Gasteiger partial charge is 0.462 e. The zero-order chi connectivity index (χ0) is 20.9. The Kier molecular flexibility index (Phi) is 6.62. The Balaban J connectivity index is 2.33. The van der Waals surface area contributed by atoms with E-state index < -0.39 is 23.5 Å². The summed E-state index contributed by atoms with van der Waals surface area (Å²) in [5.74, 6) is -2.14. The van der Waals surface area contributed by atoms with Gasteiger partial charge in [-0.2, -0.15) is 0 Å². The molecule has 0 saturated heterocycles. The van der Waals surface area contributed by atoms with Gasteiger partial charge in [0.15, 0.2) is 0 Å². The second kappa shape index (κ2) is 8.73. The molecule has 0 aliphatic rings. The zero-order valence-corrected chi connectivity index (χ0v) is 16.8. The number of nitrogens with one attached hydrogen (secondary N) is 1. The predicted molar refractivity (Wildman–Crippen MR) is 102 cm³/mol. The van der Waals surface area contributed by atoms with Gasteiger partial charge in [0, 0.05) is 0 Å². The molecule has 2 aromatic rings. The van der Waals surface area contributed by atoms with Gasteiger partial charge in [-0.15, -0.1) is 0 Å². The predicted octanol–water partition coefficient (Wildman–Crippen LogP) is 3.81. The van der Waals surface area contributed by atoms with Crippen LogP contribution >= 0.6 is 0 Å². The maximum Gasteiger partial charge on any atom is 0.356 e. The Morgan fingerprint density at radius 3 is 2.14 bits per heavy atom. The summed E-state index contributed by atoms with van der Waals surface area (Å²) in [7, 11) is 0. The molecule has 0 fully saturated rings. The highest BCUT2D eigenvalue weighted by Crippen LogP contribution is 2.23. The molecular formula is C21H25NO6. The molecule has 0 saturated carbocycles. The van der Waals surface area contributed by atoms with Crippen molar-refractivity contribution in [2.45, 2.75) is 46.8 Å². The molecule has 7 nitrogen and oxygen atoms in total. The highest BCUT2D eigenvalue weighted by atomic mass is 16.6. The van der Waals surface area contributed by atoms with Gasteiger partial charge in [0.05, 0.1) is 12.2 Å². The van der Waals surface area contributed by atoms with Crippen LogP contribution < -0.4 is 0 Å². The quantitative estimate of drug-likeness (QED) is 0.598. The van der Waals surface area contributed by atoms with Gasteiger partial charge in [-0.1, -0.05) is 30.3 Å². The van der Waals surface area contributed by atoms with Crippen LogP contribution in [0, 0.1) is 6.92 Å². The van der Waals surface area contributed by atoms with Gasteiger partial charge in [-0.3, -0.25) is 0 Å². The molecule has 0 bridgehead atoms. The van der Waals surface area contributed by atoms with E-state index in [1.165, 1.54) is 0 Å². The number of benzene rings is 1. The van der Waals surface area contributed by atoms with Crippen molar-refractivity contribution in [1.82, 2.24) is 4.98 Å². The number of hydrogen-bond donors (Lipinski definition) is 1. The van der Waals surface area contributed by atoms with Crippen molar-refractivity contribution in [3.05, 3.63) is 58.4 Å². The molecule has 1 N–H and O–H groups in total. The molecule has 0 unspecified atom stereocenters. The molecule has 1 heterocycles. The minimum Gasteiger partial charge on any atom is -0.462 e. The van der Waals surface area contributed by atoms with Gasteiger partial charge in [0.25, 0.3) is 0 Å². The summed E-state index contributed by atoms with van der Waals surface area (Å²) in [6, 6.07) is 9.18. The second-order valence-electron chi connectivity index (χ2n) is 7.16. The van der Waals surface area contributed by atoms with Crippen LogP contribution in [-0.4, -0.2) is 35.1 Å². The fourth-order valence-electron chi connectivity index (χ4n) is 2.53. The van der Waals surface area contributed by atoms with Crippen LogP contribution in [0.2, 0.25) is 0 Å². The van der Waals surface area contributed by atoms with E-state index in [1.54, 1.807) is 34.6 Å². The van der Waals surface area contributed by atoms with Gasteiger partial charge < -0.3 is 19.2 Å². The standard InChI is InChI=1S/C21H25NO6/c1-6-26-18(23)15-13(2)16(22-17(15)20(25)28-21(3,4)5)19(24)27-12-14-10-8-7-9-11-14/h7-11,22H,6,12H2,1-5H3. The smallest absolute Gasteiger partial charge is 0.356 e. The second-order valence-corrected chi connectivity index (χ2v) is 7.16. The Labute approximate surface area is 164 Å². The van der Waals surface area contributed by atoms with Gasteiger partial charge in [-0.25, -0.2) is 14.4 Å². The molecular weight excluding hydrogens is 362 g/mol. The van der Waals surface area contributed by atoms with E-state index in [0.29, 0.717) is 0 Å². The van der Waals surface area contributed by atoms with Crippen molar-refractivity contribution in [2.24, 2.45) is 0 Å². The van der Waals surface area contributed by atoms with Crippen molar-refractivity contribution in [2.75, 3.05) is 6.61 Å². The van der Waals surface area contributed by atoms with Crippen LogP contribution in [0.4, 0.5) is 0 Å². The van der Waals surface area contributed by atoms with Gasteiger partial charge in [-0.05, 0) is 45.7 Å². The highest BCUT2D eigenvalue weighted by Gasteiger charge is 2.31. The zero-order valence-electron chi connectivity index (χ0n) is 16.8. The minimum absolute atomic E-state index is 0.0137. The maximum atomic E-state index is 12.5. The Hall–Kier alpha value is -3.09. The first kappa shape index (κ1) is 21.2. The van der Waals surface area contributed by atoms with E-state index in [9.17, 15) is 14.4 Å². The fraction of sp³-hybridized carbons (Fsp3) is 0.381. The van der Waals surface area contributed by atoms with Crippen molar-refractivity contribution in [3.63, 3.8) is 0 Å². The third kappa shape index (κ3) is 5.22. The Bertz CT molecular complexity index is 861. The summed E-state index contributed by atoms with van der Waals surface area (Å²) < 4.78 is 15.7. The molecule has 0 amide bonds.